The van der Waals surface area contributed by atoms with Crippen molar-refractivity contribution in [2.45, 2.75) is 31.8 Å². The van der Waals surface area contributed by atoms with Crippen LogP contribution in [-0.2, 0) is 9.59 Å². The van der Waals surface area contributed by atoms with E-state index in [2.05, 4.69) is 10.6 Å². The number of ether oxygens (including phenoxy) is 1. The third-order valence-electron chi connectivity index (χ3n) is 4.03. The summed E-state index contributed by atoms with van der Waals surface area (Å²) >= 11 is 0. The van der Waals surface area contributed by atoms with Gasteiger partial charge in [0.2, 0.25) is 11.8 Å². The summed E-state index contributed by atoms with van der Waals surface area (Å²) in [6.45, 7) is 1.92. The number of carbonyl (C=O) groups is 2. The summed E-state index contributed by atoms with van der Waals surface area (Å²) < 4.78 is 5.75. The van der Waals surface area contributed by atoms with E-state index in [4.69, 9.17) is 4.74 Å². The Labute approximate surface area is 141 Å². The minimum Gasteiger partial charge on any atom is -0.457 e. The van der Waals surface area contributed by atoms with Crippen LogP contribution >= 0.6 is 0 Å². The molecule has 0 aliphatic carbocycles. The Morgan fingerprint density at radius 3 is 2.42 bits per heavy atom. The van der Waals surface area contributed by atoms with Crippen LogP contribution in [0.25, 0.3) is 0 Å². The maximum absolute atomic E-state index is 12.1. The van der Waals surface area contributed by atoms with Crippen molar-refractivity contribution >= 4 is 11.8 Å². The molecule has 5 nitrogen and oxygen atoms in total. The Morgan fingerprint density at radius 2 is 1.79 bits per heavy atom. The predicted molar refractivity (Wildman–Crippen MR) is 90.7 cm³/mol. The minimum atomic E-state index is -0.416. The van der Waals surface area contributed by atoms with Gasteiger partial charge >= 0.3 is 0 Å². The smallest absolute Gasteiger partial charge is 0.243 e. The first kappa shape index (κ1) is 16.1. The highest BCUT2D eigenvalue weighted by Gasteiger charge is 2.27. The summed E-state index contributed by atoms with van der Waals surface area (Å²) in [5.74, 6) is 1.32. The molecular formula is C19H20N2O3. The standard InChI is InChI=1S/C19H20N2O3/c1-13(20-19(23)17-11-12-18(22)21-17)14-7-9-16(10-8-14)24-15-5-3-2-4-6-15/h2-10,13,17H,11-12H2,1H3,(H,20,23)(H,21,22)/t13-,17+/m0/s1. The summed E-state index contributed by atoms with van der Waals surface area (Å²) in [5.41, 5.74) is 0.980. The van der Waals surface area contributed by atoms with Crippen LogP contribution < -0.4 is 15.4 Å². The highest BCUT2D eigenvalue weighted by atomic mass is 16.5. The normalized spacial score (nSPS) is 17.9. The average Bonchev–Trinajstić information content (AvgIpc) is 3.03. The molecule has 124 valence electrons. The molecule has 3 rings (SSSR count). The number of benzene rings is 2. The van der Waals surface area contributed by atoms with Gasteiger partial charge in [0.05, 0.1) is 6.04 Å². The van der Waals surface area contributed by atoms with Gasteiger partial charge < -0.3 is 15.4 Å². The van der Waals surface area contributed by atoms with Crippen molar-refractivity contribution in [1.29, 1.82) is 0 Å². The molecule has 1 fully saturated rings. The van der Waals surface area contributed by atoms with Crippen LogP contribution in [0.15, 0.2) is 54.6 Å². The average molecular weight is 324 g/mol. The van der Waals surface area contributed by atoms with Gasteiger partial charge in [-0.05, 0) is 43.2 Å². The maximum atomic E-state index is 12.1. The van der Waals surface area contributed by atoms with Crippen LogP contribution in [-0.4, -0.2) is 17.9 Å². The molecule has 2 amide bonds. The van der Waals surface area contributed by atoms with E-state index in [1.165, 1.54) is 0 Å². The molecule has 1 aliphatic heterocycles. The predicted octanol–water partition coefficient (Wildman–Crippen LogP) is 2.93. The molecule has 5 heteroatoms. The third kappa shape index (κ3) is 3.93. The SMILES string of the molecule is C[C@H](NC(=O)[C@H]1CCC(=O)N1)c1ccc(Oc2ccccc2)cc1. The number of para-hydroxylation sites is 1. The number of hydrogen-bond acceptors (Lipinski definition) is 3. The van der Waals surface area contributed by atoms with E-state index in [1.807, 2.05) is 61.5 Å². The van der Waals surface area contributed by atoms with Crippen molar-refractivity contribution in [1.82, 2.24) is 10.6 Å². The van der Waals surface area contributed by atoms with Crippen molar-refractivity contribution < 1.29 is 14.3 Å². The fourth-order valence-corrected chi connectivity index (χ4v) is 2.66. The number of hydrogen-bond donors (Lipinski definition) is 2. The highest BCUT2D eigenvalue weighted by Crippen LogP contribution is 2.23. The van der Waals surface area contributed by atoms with Crippen molar-refractivity contribution in [2.24, 2.45) is 0 Å². The summed E-state index contributed by atoms with van der Waals surface area (Å²) in [6.07, 6.45) is 0.971. The van der Waals surface area contributed by atoms with Crippen molar-refractivity contribution in [3.05, 3.63) is 60.2 Å². The second-order valence-electron chi connectivity index (χ2n) is 5.87. The van der Waals surface area contributed by atoms with E-state index in [0.29, 0.717) is 12.8 Å². The topological polar surface area (TPSA) is 67.4 Å². The largest absolute Gasteiger partial charge is 0.457 e. The molecule has 2 aromatic rings. The molecule has 1 heterocycles. The summed E-state index contributed by atoms with van der Waals surface area (Å²) in [5, 5.41) is 5.61. The van der Waals surface area contributed by atoms with E-state index < -0.39 is 6.04 Å². The van der Waals surface area contributed by atoms with Gasteiger partial charge in [-0.2, -0.15) is 0 Å². The fourth-order valence-electron chi connectivity index (χ4n) is 2.66. The molecule has 2 atom stereocenters. The number of carbonyl (C=O) groups excluding carboxylic acids is 2. The molecule has 2 N–H and O–H groups in total. The van der Waals surface area contributed by atoms with Gasteiger partial charge in [0.1, 0.15) is 17.5 Å². The van der Waals surface area contributed by atoms with Gasteiger partial charge in [-0.25, -0.2) is 0 Å². The van der Waals surface area contributed by atoms with E-state index in [0.717, 1.165) is 17.1 Å². The van der Waals surface area contributed by atoms with Crippen LogP contribution in [0.4, 0.5) is 0 Å². The second-order valence-corrected chi connectivity index (χ2v) is 5.87. The minimum absolute atomic E-state index is 0.0646. The Kier molecular flexibility index (Phi) is 4.79. The van der Waals surface area contributed by atoms with Gasteiger partial charge in [0.25, 0.3) is 0 Å². The molecular weight excluding hydrogens is 304 g/mol. The third-order valence-corrected chi connectivity index (χ3v) is 4.03. The molecule has 0 bridgehead atoms. The summed E-state index contributed by atoms with van der Waals surface area (Å²) in [7, 11) is 0. The first-order valence-electron chi connectivity index (χ1n) is 8.04. The van der Waals surface area contributed by atoms with E-state index in [-0.39, 0.29) is 17.9 Å². The van der Waals surface area contributed by atoms with Crippen LogP contribution in [0, 0.1) is 0 Å². The Bertz CT molecular complexity index is 713. The summed E-state index contributed by atoms with van der Waals surface area (Å²) in [4.78, 5) is 23.3. The number of amides is 2. The van der Waals surface area contributed by atoms with Crippen molar-refractivity contribution in [2.75, 3.05) is 0 Å². The Morgan fingerprint density at radius 1 is 1.12 bits per heavy atom. The molecule has 0 unspecified atom stereocenters. The van der Waals surface area contributed by atoms with E-state index >= 15 is 0 Å². The van der Waals surface area contributed by atoms with Gasteiger partial charge in [-0.3, -0.25) is 9.59 Å². The molecule has 24 heavy (non-hydrogen) atoms. The zero-order chi connectivity index (χ0) is 16.9. The lowest BCUT2D eigenvalue weighted by atomic mass is 10.1. The lowest BCUT2D eigenvalue weighted by molar-refractivity contribution is -0.126. The Hall–Kier alpha value is -2.82. The maximum Gasteiger partial charge on any atom is 0.243 e. The first-order chi connectivity index (χ1) is 11.6. The zero-order valence-corrected chi connectivity index (χ0v) is 13.5. The lowest BCUT2D eigenvalue weighted by Gasteiger charge is -2.18. The lowest BCUT2D eigenvalue weighted by Crippen LogP contribution is -2.42. The fraction of sp³-hybridized carbons (Fsp3) is 0.263. The van der Waals surface area contributed by atoms with Crippen LogP contribution in [0.5, 0.6) is 11.5 Å². The molecule has 1 aliphatic rings. The number of rotatable bonds is 5. The number of nitrogens with one attached hydrogen (secondary N) is 2. The molecule has 0 radical (unpaired) electrons. The first-order valence-corrected chi connectivity index (χ1v) is 8.04. The van der Waals surface area contributed by atoms with Crippen LogP contribution in [0.3, 0.4) is 0 Å². The zero-order valence-electron chi connectivity index (χ0n) is 13.5. The van der Waals surface area contributed by atoms with Gasteiger partial charge in [-0.15, -0.1) is 0 Å². The van der Waals surface area contributed by atoms with Gasteiger partial charge in [0.15, 0.2) is 0 Å². The van der Waals surface area contributed by atoms with E-state index in [9.17, 15) is 9.59 Å². The highest BCUT2D eigenvalue weighted by molar-refractivity contribution is 5.90. The second kappa shape index (κ2) is 7.17. The monoisotopic (exact) mass is 324 g/mol. The molecule has 2 aromatic carbocycles. The molecule has 0 saturated carbocycles. The van der Waals surface area contributed by atoms with Gasteiger partial charge in [0, 0.05) is 6.42 Å². The van der Waals surface area contributed by atoms with Crippen LogP contribution in [0.2, 0.25) is 0 Å². The van der Waals surface area contributed by atoms with Crippen molar-refractivity contribution in [3.63, 3.8) is 0 Å². The Balaban J connectivity index is 1.58. The van der Waals surface area contributed by atoms with E-state index in [1.54, 1.807) is 0 Å². The quantitative estimate of drug-likeness (QED) is 0.888. The molecule has 0 aromatic heterocycles. The van der Waals surface area contributed by atoms with Crippen LogP contribution in [0.1, 0.15) is 31.4 Å². The van der Waals surface area contributed by atoms with Crippen molar-refractivity contribution in [3.8, 4) is 11.5 Å². The van der Waals surface area contributed by atoms with Gasteiger partial charge in [-0.1, -0.05) is 30.3 Å². The summed E-state index contributed by atoms with van der Waals surface area (Å²) in [6, 6.07) is 16.6. The molecule has 1 saturated heterocycles. The molecule has 0 spiro atoms.